The van der Waals surface area contributed by atoms with E-state index in [9.17, 15) is 0 Å². The first-order valence-corrected chi connectivity index (χ1v) is 6.56. The van der Waals surface area contributed by atoms with Crippen LogP contribution in [0.5, 0.6) is 0 Å². The molecule has 1 N–H and O–H groups in total. The van der Waals surface area contributed by atoms with E-state index in [1.165, 1.54) is 44.2 Å². The molecule has 0 aromatic carbocycles. The summed E-state index contributed by atoms with van der Waals surface area (Å²) in [7, 11) is 2.01. The summed E-state index contributed by atoms with van der Waals surface area (Å²) < 4.78 is 1.94. The molecule has 2 fully saturated rings. The normalized spacial score (nSPS) is 31.3. The molecule has 1 aromatic rings. The number of aryl methyl sites for hydroxylation is 1. The highest BCUT2D eigenvalue weighted by atomic mass is 15.3. The molecular weight excluding hydrogens is 198 g/mol. The second-order valence-corrected chi connectivity index (χ2v) is 5.36. The summed E-state index contributed by atoms with van der Waals surface area (Å²) >= 11 is 0. The molecule has 2 aliphatic rings. The van der Waals surface area contributed by atoms with Crippen molar-refractivity contribution in [2.24, 2.45) is 13.0 Å². The number of aromatic nitrogens is 2. The van der Waals surface area contributed by atoms with Crippen molar-refractivity contribution >= 4 is 0 Å². The summed E-state index contributed by atoms with van der Waals surface area (Å²) in [6.07, 6.45) is 10.1. The van der Waals surface area contributed by atoms with E-state index >= 15 is 0 Å². The molecule has 1 saturated heterocycles. The van der Waals surface area contributed by atoms with E-state index in [1.807, 2.05) is 11.7 Å². The Morgan fingerprint density at radius 1 is 1.38 bits per heavy atom. The quantitative estimate of drug-likeness (QED) is 0.826. The van der Waals surface area contributed by atoms with Crippen LogP contribution in [0.2, 0.25) is 0 Å². The average molecular weight is 219 g/mol. The number of nitrogens with zero attached hydrogens (tertiary/aromatic N) is 2. The lowest BCUT2D eigenvalue weighted by molar-refractivity contribution is 0.269. The fourth-order valence-corrected chi connectivity index (χ4v) is 3.11. The van der Waals surface area contributed by atoms with Gasteiger partial charge >= 0.3 is 0 Å². The molecule has 3 rings (SSSR count). The van der Waals surface area contributed by atoms with Gasteiger partial charge in [0.05, 0.1) is 11.2 Å². The number of rotatable bonds is 2. The molecular formula is C13H21N3. The van der Waals surface area contributed by atoms with Crippen LogP contribution in [0.15, 0.2) is 12.3 Å². The number of nitrogens with one attached hydrogen (secondary N) is 1. The van der Waals surface area contributed by atoms with Crippen molar-refractivity contribution < 1.29 is 0 Å². The largest absolute Gasteiger partial charge is 0.306 e. The Morgan fingerprint density at radius 2 is 2.25 bits per heavy atom. The standard InChI is InChI=1S/C13H21N3/c1-16-10-7-12(15-16)13(11-5-6-11)8-3-2-4-9-14-13/h7,10-11,14H,2-6,8-9H2,1H3. The average Bonchev–Trinajstić information content (AvgIpc) is 3.06. The predicted molar refractivity (Wildman–Crippen MR) is 64.1 cm³/mol. The first kappa shape index (κ1) is 10.3. The van der Waals surface area contributed by atoms with Crippen LogP contribution in [-0.2, 0) is 12.6 Å². The molecule has 2 heterocycles. The lowest BCUT2D eigenvalue weighted by atomic mass is 9.85. The van der Waals surface area contributed by atoms with Crippen molar-refractivity contribution in [2.75, 3.05) is 6.54 Å². The van der Waals surface area contributed by atoms with Crippen molar-refractivity contribution in [2.45, 2.75) is 44.1 Å². The summed E-state index contributed by atoms with van der Waals surface area (Å²) in [6.45, 7) is 1.16. The zero-order valence-corrected chi connectivity index (χ0v) is 10.1. The Bertz CT molecular complexity index is 357. The van der Waals surface area contributed by atoms with E-state index in [2.05, 4.69) is 22.7 Å². The molecule has 1 saturated carbocycles. The minimum atomic E-state index is 0.206. The predicted octanol–water partition coefficient (Wildman–Crippen LogP) is 2.19. The molecule has 1 atom stereocenters. The fraction of sp³-hybridized carbons (Fsp3) is 0.769. The molecule has 0 spiro atoms. The van der Waals surface area contributed by atoms with Crippen LogP contribution in [0, 0.1) is 5.92 Å². The van der Waals surface area contributed by atoms with Gasteiger partial charge in [-0.3, -0.25) is 4.68 Å². The third kappa shape index (κ3) is 1.67. The van der Waals surface area contributed by atoms with Crippen molar-refractivity contribution in [1.29, 1.82) is 0 Å². The van der Waals surface area contributed by atoms with Crippen molar-refractivity contribution in [3.8, 4) is 0 Å². The first-order valence-electron chi connectivity index (χ1n) is 6.56. The highest BCUT2D eigenvalue weighted by molar-refractivity contribution is 5.19. The van der Waals surface area contributed by atoms with Gasteiger partial charge < -0.3 is 5.32 Å². The highest BCUT2D eigenvalue weighted by Crippen LogP contribution is 2.48. The summed E-state index contributed by atoms with van der Waals surface area (Å²) in [5, 5.41) is 8.47. The van der Waals surface area contributed by atoms with Crippen LogP contribution < -0.4 is 5.32 Å². The molecule has 88 valence electrons. The molecule has 3 heteroatoms. The van der Waals surface area contributed by atoms with E-state index < -0.39 is 0 Å². The monoisotopic (exact) mass is 219 g/mol. The Hall–Kier alpha value is -0.830. The van der Waals surface area contributed by atoms with Gasteiger partial charge in [0.2, 0.25) is 0 Å². The maximum Gasteiger partial charge on any atom is 0.0828 e. The Morgan fingerprint density at radius 3 is 2.94 bits per heavy atom. The molecule has 1 aliphatic heterocycles. The summed E-state index contributed by atoms with van der Waals surface area (Å²) in [4.78, 5) is 0. The van der Waals surface area contributed by atoms with Gasteiger partial charge in [-0.15, -0.1) is 0 Å². The third-order valence-electron chi connectivity index (χ3n) is 4.13. The molecule has 1 aliphatic carbocycles. The number of hydrogen-bond acceptors (Lipinski definition) is 2. The minimum absolute atomic E-state index is 0.206. The van der Waals surface area contributed by atoms with Gasteiger partial charge in [0, 0.05) is 13.2 Å². The van der Waals surface area contributed by atoms with Crippen LogP contribution in [0.1, 0.15) is 44.2 Å². The topological polar surface area (TPSA) is 29.9 Å². The summed E-state index contributed by atoms with van der Waals surface area (Å²) in [5.74, 6) is 0.834. The van der Waals surface area contributed by atoms with Gasteiger partial charge in [-0.05, 0) is 44.2 Å². The zero-order chi connectivity index (χ0) is 11.0. The Labute approximate surface area is 97.2 Å². The molecule has 0 bridgehead atoms. The molecule has 1 aromatic heterocycles. The maximum atomic E-state index is 4.66. The minimum Gasteiger partial charge on any atom is -0.306 e. The smallest absolute Gasteiger partial charge is 0.0828 e. The van der Waals surface area contributed by atoms with Gasteiger partial charge in [-0.25, -0.2) is 0 Å². The van der Waals surface area contributed by atoms with Gasteiger partial charge in [0.1, 0.15) is 0 Å². The fourth-order valence-electron chi connectivity index (χ4n) is 3.11. The van der Waals surface area contributed by atoms with Crippen molar-refractivity contribution in [3.63, 3.8) is 0 Å². The second-order valence-electron chi connectivity index (χ2n) is 5.36. The van der Waals surface area contributed by atoms with E-state index in [0.29, 0.717) is 0 Å². The molecule has 0 amide bonds. The lowest BCUT2D eigenvalue weighted by Gasteiger charge is -2.32. The van der Waals surface area contributed by atoms with Crippen LogP contribution >= 0.6 is 0 Å². The molecule has 1 unspecified atom stereocenters. The molecule has 3 nitrogen and oxygen atoms in total. The van der Waals surface area contributed by atoms with Gasteiger partial charge in [0.25, 0.3) is 0 Å². The van der Waals surface area contributed by atoms with Crippen LogP contribution in [0.3, 0.4) is 0 Å². The Balaban J connectivity index is 1.94. The van der Waals surface area contributed by atoms with Crippen LogP contribution in [0.25, 0.3) is 0 Å². The van der Waals surface area contributed by atoms with Gasteiger partial charge in [-0.1, -0.05) is 12.8 Å². The zero-order valence-electron chi connectivity index (χ0n) is 10.1. The maximum absolute atomic E-state index is 4.66. The molecule has 16 heavy (non-hydrogen) atoms. The van der Waals surface area contributed by atoms with Crippen LogP contribution in [-0.4, -0.2) is 16.3 Å². The van der Waals surface area contributed by atoms with E-state index in [4.69, 9.17) is 0 Å². The molecule has 0 radical (unpaired) electrons. The van der Waals surface area contributed by atoms with E-state index in [1.54, 1.807) is 0 Å². The summed E-state index contributed by atoms with van der Waals surface area (Å²) in [6, 6.07) is 2.20. The lowest BCUT2D eigenvalue weighted by Crippen LogP contribution is -2.44. The van der Waals surface area contributed by atoms with E-state index in [-0.39, 0.29) is 5.54 Å². The third-order valence-corrected chi connectivity index (χ3v) is 4.13. The highest BCUT2D eigenvalue weighted by Gasteiger charge is 2.47. The van der Waals surface area contributed by atoms with E-state index in [0.717, 1.165) is 12.5 Å². The van der Waals surface area contributed by atoms with Crippen molar-refractivity contribution in [3.05, 3.63) is 18.0 Å². The van der Waals surface area contributed by atoms with Crippen molar-refractivity contribution in [1.82, 2.24) is 15.1 Å². The van der Waals surface area contributed by atoms with Crippen LogP contribution in [0.4, 0.5) is 0 Å². The van der Waals surface area contributed by atoms with Gasteiger partial charge in [0.15, 0.2) is 0 Å². The summed E-state index contributed by atoms with van der Waals surface area (Å²) in [5.41, 5.74) is 1.48. The number of hydrogen-bond donors (Lipinski definition) is 1. The first-order chi connectivity index (χ1) is 7.81. The second kappa shape index (κ2) is 3.88. The SMILES string of the molecule is Cn1ccc(C2(C3CC3)CCCCCN2)n1. The Kier molecular flexibility index (Phi) is 2.51. The van der Waals surface area contributed by atoms with Gasteiger partial charge in [-0.2, -0.15) is 5.10 Å².